The number of aromatic nitrogens is 3. The Morgan fingerprint density at radius 3 is 2.51 bits per heavy atom. The predicted molar refractivity (Wildman–Crippen MR) is 136 cm³/mol. The van der Waals surface area contributed by atoms with Gasteiger partial charge in [-0.3, -0.25) is 9.59 Å². The van der Waals surface area contributed by atoms with Gasteiger partial charge in [0.05, 0.1) is 28.3 Å². The Labute approximate surface area is 220 Å². The smallest absolute Gasteiger partial charge is 0.387 e. The van der Waals surface area contributed by atoms with Gasteiger partial charge in [-0.1, -0.05) is 35.3 Å². The van der Waals surface area contributed by atoms with Crippen LogP contribution in [0.3, 0.4) is 0 Å². The fourth-order valence-electron chi connectivity index (χ4n) is 4.68. The zero-order chi connectivity index (χ0) is 26.4. The van der Waals surface area contributed by atoms with Gasteiger partial charge in [0, 0.05) is 36.0 Å². The van der Waals surface area contributed by atoms with Crippen LogP contribution in [0.1, 0.15) is 47.1 Å². The molecule has 4 aromatic rings. The van der Waals surface area contributed by atoms with Crippen LogP contribution in [0.15, 0.2) is 59.7 Å². The summed E-state index contributed by atoms with van der Waals surface area (Å²) in [5, 5.41) is 5.26. The molecular weight excluding hydrogens is 525 g/mol. The van der Waals surface area contributed by atoms with Crippen molar-refractivity contribution >= 4 is 34.6 Å². The van der Waals surface area contributed by atoms with Crippen LogP contribution in [0.4, 0.5) is 8.78 Å². The third-order valence-corrected chi connectivity index (χ3v) is 7.42. The molecule has 192 valence electrons. The number of benzene rings is 2. The van der Waals surface area contributed by atoms with Crippen molar-refractivity contribution in [3.8, 4) is 5.75 Å². The molecule has 0 saturated carbocycles. The Balaban J connectivity index is 1.49. The molecule has 1 unspecified atom stereocenters. The molecule has 0 radical (unpaired) electrons. The molecule has 37 heavy (non-hydrogen) atoms. The zero-order valence-electron chi connectivity index (χ0n) is 19.9. The highest BCUT2D eigenvalue weighted by atomic mass is 35.5. The first-order valence-electron chi connectivity index (χ1n) is 11.6. The van der Waals surface area contributed by atoms with Gasteiger partial charge in [0.1, 0.15) is 11.3 Å². The van der Waals surface area contributed by atoms with Crippen LogP contribution in [0.2, 0.25) is 10.0 Å². The van der Waals surface area contributed by atoms with Crippen LogP contribution in [0, 0.1) is 0 Å². The molecule has 5 rings (SSSR count). The van der Waals surface area contributed by atoms with Gasteiger partial charge in [-0.15, -0.1) is 0 Å². The standard InChI is InChI=1S/C26H22Cl2F2N4O3/c1-14-11-22-19(13-33(14)24(35)17-5-8-20(27)21(28)12-17)23-25(36)32(9-10-34(23)31-22)15(2)16-3-6-18(7-4-16)37-26(29)30/h3-10,12,14-15,26H,11,13H2,1-2H3/t14-,15?/m1/s1. The van der Waals surface area contributed by atoms with Crippen LogP contribution in [-0.4, -0.2) is 37.6 Å². The fourth-order valence-corrected chi connectivity index (χ4v) is 4.98. The van der Waals surface area contributed by atoms with Crippen molar-refractivity contribution in [3.63, 3.8) is 0 Å². The van der Waals surface area contributed by atoms with Crippen molar-refractivity contribution in [2.75, 3.05) is 0 Å². The first-order chi connectivity index (χ1) is 17.6. The Morgan fingerprint density at radius 1 is 1.11 bits per heavy atom. The van der Waals surface area contributed by atoms with E-state index in [0.29, 0.717) is 33.1 Å². The summed E-state index contributed by atoms with van der Waals surface area (Å²) in [6, 6.07) is 10.4. The topological polar surface area (TPSA) is 68.8 Å². The van der Waals surface area contributed by atoms with E-state index in [2.05, 4.69) is 9.84 Å². The molecule has 11 heteroatoms. The third kappa shape index (κ3) is 4.69. The molecule has 0 aliphatic carbocycles. The summed E-state index contributed by atoms with van der Waals surface area (Å²) in [4.78, 5) is 28.7. The highest BCUT2D eigenvalue weighted by Gasteiger charge is 2.32. The summed E-state index contributed by atoms with van der Waals surface area (Å²) < 4.78 is 32.5. The first kappa shape index (κ1) is 25.2. The van der Waals surface area contributed by atoms with E-state index >= 15 is 0 Å². The quantitative estimate of drug-likeness (QED) is 0.326. The van der Waals surface area contributed by atoms with Crippen LogP contribution in [-0.2, 0) is 13.0 Å². The molecular formula is C26H22Cl2F2N4O3. The van der Waals surface area contributed by atoms with Crippen molar-refractivity contribution < 1.29 is 18.3 Å². The highest BCUT2D eigenvalue weighted by molar-refractivity contribution is 6.42. The Kier molecular flexibility index (Phi) is 6.68. The lowest BCUT2D eigenvalue weighted by Crippen LogP contribution is -2.42. The van der Waals surface area contributed by atoms with Crippen LogP contribution in [0.5, 0.6) is 5.75 Å². The summed E-state index contributed by atoms with van der Waals surface area (Å²) in [6.45, 7) is 1.08. The second-order valence-corrected chi connectivity index (χ2v) is 9.78. The van der Waals surface area contributed by atoms with E-state index in [0.717, 1.165) is 11.3 Å². The van der Waals surface area contributed by atoms with Gasteiger partial charge in [0.2, 0.25) is 0 Å². The lowest BCUT2D eigenvalue weighted by atomic mass is 9.99. The van der Waals surface area contributed by atoms with Crippen LogP contribution >= 0.6 is 23.2 Å². The van der Waals surface area contributed by atoms with Crippen LogP contribution in [0.25, 0.3) is 5.52 Å². The number of amides is 1. The highest BCUT2D eigenvalue weighted by Crippen LogP contribution is 2.29. The minimum Gasteiger partial charge on any atom is -0.435 e. The summed E-state index contributed by atoms with van der Waals surface area (Å²) >= 11 is 12.1. The van der Waals surface area contributed by atoms with Gasteiger partial charge in [-0.25, -0.2) is 4.52 Å². The number of hydrogen-bond acceptors (Lipinski definition) is 4. The second-order valence-electron chi connectivity index (χ2n) is 8.97. The van der Waals surface area contributed by atoms with Crippen molar-refractivity contribution in [2.45, 2.75) is 45.5 Å². The molecule has 3 heterocycles. The molecule has 1 aliphatic heterocycles. The molecule has 0 fully saturated rings. The number of alkyl halides is 2. The number of carbonyl (C=O) groups excluding carboxylic acids is 1. The summed E-state index contributed by atoms with van der Waals surface area (Å²) in [7, 11) is 0. The monoisotopic (exact) mass is 546 g/mol. The van der Waals surface area contributed by atoms with E-state index in [1.54, 1.807) is 50.6 Å². The molecule has 1 aliphatic rings. The normalized spacial score (nSPS) is 16.2. The van der Waals surface area contributed by atoms with E-state index in [9.17, 15) is 18.4 Å². The molecule has 2 aromatic carbocycles. The van der Waals surface area contributed by atoms with Gasteiger partial charge in [-0.05, 0) is 49.7 Å². The van der Waals surface area contributed by atoms with Crippen LogP contribution < -0.4 is 10.3 Å². The maximum atomic E-state index is 13.6. The lowest BCUT2D eigenvalue weighted by Gasteiger charge is -2.33. The summed E-state index contributed by atoms with van der Waals surface area (Å²) in [5.41, 5.74) is 2.73. The fraction of sp³-hybridized carbons (Fsp3) is 0.269. The molecule has 0 bridgehead atoms. The van der Waals surface area contributed by atoms with E-state index in [1.807, 2.05) is 13.8 Å². The van der Waals surface area contributed by atoms with Crippen molar-refractivity contribution in [3.05, 3.63) is 97.6 Å². The Bertz CT molecular complexity index is 1550. The summed E-state index contributed by atoms with van der Waals surface area (Å²) in [6.07, 6.45) is 3.84. The van der Waals surface area contributed by atoms with Gasteiger partial charge in [-0.2, -0.15) is 13.9 Å². The van der Waals surface area contributed by atoms with E-state index in [1.165, 1.54) is 18.2 Å². The largest absolute Gasteiger partial charge is 0.435 e. The maximum absolute atomic E-state index is 13.6. The molecule has 2 aromatic heterocycles. The van der Waals surface area contributed by atoms with Crippen molar-refractivity contribution in [2.24, 2.45) is 0 Å². The predicted octanol–water partition coefficient (Wildman–Crippen LogP) is 5.60. The molecule has 0 spiro atoms. The number of carbonyl (C=O) groups is 1. The van der Waals surface area contributed by atoms with Gasteiger partial charge < -0.3 is 14.2 Å². The number of fused-ring (bicyclic) bond motifs is 3. The van der Waals surface area contributed by atoms with Crippen molar-refractivity contribution in [1.29, 1.82) is 0 Å². The first-order valence-corrected chi connectivity index (χ1v) is 12.3. The van der Waals surface area contributed by atoms with Gasteiger partial charge >= 0.3 is 6.61 Å². The molecule has 2 atom stereocenters. The minimum absolute atomic E-state index is 0.0412. The SMILES string of the molecule is CC(c1ccc(OC(F)F)cc1)n1ccn2nc3c(c2c1=O)CN(C(=O)c1ccc(Cl)c(Cl)c1)[C@H](C)C3. The number of halogens is 4. The van der Waals surface area contributed by atoms with Gasteiger partial charge in [0.25, 0.3) is 11.5 Å². The van der Waals surface area contributed by atoms with E-state index in [4.69, 9.17) is 23.2 Å². The Hall–Kier alpha value is -3.43. The maximum Gasteiger partial charge on any atom is 0.387 e. The molecule has 0 N–H and O–H groups in total. The van der Waals surface area contributed by atoms with Gasteiger partial charge in [0.15, 0.2) is 0 Å². The average molecular weight is 547 g/mol. The zero-order valence-corrected chi connectivity index (χ0v) is 21.4. The number of nitrogens with zero attached hydrogens (tertiary/aromatic N) is 4. The number of rotatable bonds is 5. The van der Waals surface area contributed by atoms with E-state index < -0.39 is 6.61 Å². The minimum atomic E-state index is -2.91. The number of ether oxygens (including phenoxy) is 1. The third-order valence-electron chi connectivity index (χ3n) is 6.68. The molecule has 1 amide bonds. The molecule has 0 saturated heterocycles. The Morgan fingerprint density at radius 2 is 1.84 bits per heavy atom. The van der Waals surface area contributed by atoms with E-state index in [-0.39, 0.29) is 35.8 Å². The summed E-state index contributed by atoms with van der Waals surface area (Å²) in [5.74, 6) is -0.175. The van der Waals surface area contributed by atoms with Crippen molar-refractivity contribution in [1.82, 2.24) is 19.1 Å². The lowest BCUT2D eigenvalue weighted by molar-refractivity contribution is -0.0498. The molecule has 7 nitrogen and oxygen atoms in total. The average Bonchev–Trinajstić information content (AvgIpc) is 3.22. The number of hydrogen-bond donors (Lipinski definition) is 0. The second kappa shape index (κ2) is 9.79.